The number of benzene rings is 2. The molecule has 0 amide bonds. The van der Waals surface area contributed by atoms with Crippen molar-refractivity contribution in [3.63, 3.8) is 0 Å². The highest BCUT2D eigenvalue weighted by Gasteiger charge is 2.20. The summed E-state index contributed by atoms with van der Waals surface area (Å²) in [5.74, 6) is -0.0718. The summed E-state index contributed by atoms with van der Waals surface area (Å²) in [4.78, 5) is 3.89. The SMILES string of the molecule is Cc1ccccc1SC1CCN(CCc2ccccc2F)CC1. The van der Waals surface area contributed by atoms with Crippen LogP contribution in [0.15, 0.2) is 53.4 Å². The van der Waals surface area contributed by atoms with Crippen molar-refractivity contribution >= 4 is 11.8 Å². The summed E-state index contributed by atoms with van der Waals surface area (Å²) in [6, 6.07) is 15.8. The predicted molar refractivity (Wildman–Crippen MR) is 96.6 cm³/mol. The summed E-state index contributed by atoms with van der Waals surface area (Å²) in [7, 11) is 0. The van der Waals surface area contributed by atoms with Crippen molar-refractivity contribution in [2.75, 3.05) is 19.6 Å². The molecule has 1 nitrogen and oxygen atoms in total. The predicted octanol–water partition coefficient (Wildman–Crippen LogP) is 4.93. The lowest BCUT2D eigenvalue weighted by molar-refractivity contribution is 0.235. The summed E-state index contributed by atoms with van der Waals surface area (Å²) in [5.41, 5.74) is 2.21. The molecule has 0 saturated carbocycles. The minimum Gasteiger partial charge on any atom is -0.303 e. The number of piperidine rings is 1. The molecule has 2 aromatic carbocycles. The summed E-state index contributed by atoms with van der Waals surface area (Å²) < 4.78 is 13.7. The first-order chi connectivity index (χ1) is 11.2. The van der Waals surface area contributed by atoms with Crippen molar-refractivity contribution in [3.8, 4) is 0 Å². The van der Waals surface area contributed by atoms with Crippen molar-refractivity contribution in [1.82, 2.24) is 4.90 Å². The summed E-state index contributed by atoms with van der Waals surface area (Å²) in [6.07, 6.45) is 3.24. The Bertz CT molecular complexity index is 635. The average Bonchev–Trinajstić information content (AvgIpc) is 2.57. The minimum absolute atomic E-state index is 0.0718. The molecule has 1 aliphatic rings. The molecule has 1 fully saturated rings. The van der Waals surface area contributed by atoms with E-state index in [0.717, 1.165) is 31.6 Å². The number of hydrogen-bond donors (Lipinski definition) is 0. The molecule has 0 bridgehead atoms. The standard InChI is InChI=1S/C20H24FNS/c1-16-6-2-5-9-20(16)23-18-11-14-22(15-12-18)13-10-17-7-3-4-8-19(17)21/h2-9,18H,10-15H2,1H3. The van der Waals surface area contributed by atoms with E-state index < -0.39 is 0 Å². The third kappa shape index (κ3) is 4.58. The van der Waals surface area contributed by atoms with Crippen LogP contribution < -0.4 is 0 Å². The molecule has 0 radical (unpaired) electrons. The largest absolute Gasteiger partial charge is 0.303 e. The molecule has 0 N–H and O–H groups in total. The van der Waals surface area contributed by atoms with E-state index in [1.165, 1.54) is 23.3 Å². The van der Waals surface area contributed by atoms with Gasteiger partial charge >= 0.3 is 0 Å². The van der Waals surface area contributed by atoms with Crippen LogP contribution in [-0.4, -0.2) is 29.8 Å². The van der Waals surface area contributed by atoms with Gasteiger partial charge in [0.25, 0.3) is 0 Å². The number of halogens is 1. The van der Waals surface area contributed by atoms with Crippen molar-refractivity contribution in [2.24, 2.45) is 0 Å². The Kier molecular flexibility index (Phi) is 5.74. The molecule has 122 valence electrons. The smallest absolute Gasteiger partial charge is 0.126 e. The summed E-state index contributed by atoms with van der Waals surface area (Å²) in [5, 5.41) is 0.709. The second-order valence-electron chi connectivity index (χ2n) is 6.27. The number of hydrogen-bond acceptors (Lipinski definition) is 2. The third-order valence-electron chi connectivity index (χ3n) is 4.58. The van der Waals surface area contributed by atoms with E-state index in [-0.39, 0.29) is 5.82 Å². The van der Waals surface area contributed by atoms with Gasteiger partial charge in [-0.2, -0.15) is 0 Å². The fourth-order valence-electron chi connectivity index (χ4n) is 3.10. The molecular weight excluding hydrogens is 305 g/mol. The molecule has 3 rings (SSSR count). The van der Waals surface area contributed by atoms with Crippen molar-refractivity contribution in [1.29, 1.82) is 0 Å². The fraction of sp³-hybridized carbons (Fsp3) is 0.400. The van der Waals surface area contributed by atoms with Crippen LogP contribution in [0, 0.1) is 12.7 Å². The minimum atomic E-state index is -0.0718. The molecule has 1 heterocycles. The van der Waals surface area contributed by atoms with E-state index in [0.29, 0.717) is 5.25 Å². The maximum Gasteiger partial charge on any atom is 0.126 e. The molecule has 0 aromatic heterocycles. The number of likely N-dealkylation sites (tertiary alicyclic amines) is 1. The normalized spacial score (nSPS) is 16.6. The molecule has 0 atom stereocenters. The van der Waals surface area contributed by atoms with Gasteiger partial charge in [0.15, 0.2) is 0 Å². The van der Waals surface area contributed by atoms with E-state index in [1.54, 1.807) is 12.1 Å². The lowest BCUT2D eigenvalue weighted by atomic mass is 10.1. The van der Waals surface area contributed by atoms with Gasteiger partial charge in [0.1, 0.15) is 5.82 Å². The second-order valence-corrected chi connectivity index (χ2v) is 7.61. The molecule has 1 saturated heterocycles. The van der Waals surface area contributed by atoms with Gasteiger partial charge < -0.3 is 4.90 Å². The Morgan fingerprint density at radius 1 is 1.04 bits per heavy atom. The number of thioether (sulfide) groups is 1. The van der Waals surface area contributed by atoms with Crippen molar-refractivity contribution < 1.29 is 4.39 Å². The van der Waals surface area contributed by atoms with Gasteiger partial charge in [-0.25, -0.2) is 4.39 Å². The van der Waals surface area contributed by atoms with E-state index in [9.17, 15) is 4.39 Å². The monoisotopic (exact) mass is 329 g/mol. The number of nitrogens with zero attached hydrogens (tertiary/aromatic N) is 1. The van der Waals surface area contributed by atoms with Crippen LogP contribution in [0.1, 0.15) is 24.0 Å². The van der Waals surface area contributed by atoms with Gasteiger partial charge in [0, 0.05) is 16.7 Å². The Morgan fingerprint density at radius 3 is 2.48 bits per heavy atom. The quantitative estimate of drug-likeness (QED) is 0.765. The maximum absolute atomic E-state index is 13.7. The topological polar surface area (TPSA) is 3.24 Å². The fourth-order valence-corrected chi connectivity index (χ4v) is 4.32. The Morgan fingerprint density at radius 2 is 1.74 bits per heavy atom. The van der Waals surface area contributed by atoms with Gasteiger partial charge in [-0.1, -0.05) is 36.4 Å². The summed E-state index contributed by atoms with van der Waals surface area (Å²) in [6.45, 7) is 5.39. The van der Waals surface area contributed by atoms with Gasteiger partial charge in [0.05, 0.1) is 0 Å². The van der Waals surface area contributed by atoms with Crippen molar-refractivity contribution in [2.45, 2.75) is 36.3 Å². The molecule has 2 aromatic rings. The highest BCUT2D eigenvalue weighted by Crippen LogP contribution is 2.32. The highest BCUT2D eigenvalue weighted by molar-refractivity contribution is 8.00. The lowest BCUT2D eigenvalue weighted by Crippen LogP contribution is -2.36. The number of aryl methyl sites for hydroxylation is 1. The summed E-state index contributed by atoms with van der Waals surface area (Å²) >= 11 is 2.02. The van der Waals surface area contributed by atoms with Crippen molar-refractivity contribution in [3.05, 3.63) is 65.5 Å². The molecule has 0 aliphatic carbocycles. The lowest BCUT2D eigenvalue weighted by Gasteiger charge is -2.31. The van der Waals surface area contributed by atoms with Crippen LogP contribution in [-0.2, 0) is 6.42 Å². The van der Waals surface area contributed by atoms with Crippen LogP contribution in [0.4, 0.5) is 4.39 Å². The molecular formula is C20H24FNS. The molecule has 23 heavy (non-hydrogen) atoms. The van der Waals surface area contributed by atoms with E-state index in [4.69, 9.17) is 0 Å². The molecule has 0 spiro atoms. The molecule has 3 heteroatoms. The van der Waals surface area contributed by atoms with Gasteiger partial charge in [0.2, 0.25) is 0 Å². The zero-order valence-corrected chi connectivity index (χ0v) is 14.5. The molecule has 1 aliphatic heterocycles. The first-order valence-corrected chi connectivity index (χ1v) is 9.28. The van der Waals surface area contributed by atoms with E-state index >= 15 is 0 Å². The van der Waals surface area contributed by atoms with Crippen LogP contribution >= 0.6 is 11.8 Å². The van der Waals surface area contributed by atoms with Gasteiger partial charge in [-0.3, -0.25) is 0 Å². The third-order valence-corrected chi connectivity index (χ3v) is 6.09. The highest BCUT2D eigenvalue weighted by atomic mass is 32.2. The Balaban J connectivity index is 1.45. The Labute approximate surface area is 142 Å². The van der Waals surface area contributed by atoms with Crippen LogP contribution in [0.25, 0.3) is 0 Å². The van der Waals surface area contributed by atoms with Gasteiger partial charge in [-0.05, 0) is 62.5 Å². The van der Waals surface area contributed by atoms with Crippen LogP contribution in [0.2, 0.25) is 0 Å². The van der Waals surface area contributed by atoms with Gasteiger partial charge in [-0.15, -0.1) is 11.8 Å². The van der Waals surface area contributed by atoms with E-state index in [2.05, 4.69) is 36.1 Å². The average molecular weight is 329 g/mol. The first-order valence-electron chi connectivity index (χ1n) is 8.40. The number of rotatable bonds is 5. The van der Waals surface area contributed by atoms with Crippen LogP contribution in [0.3, 0.4) is 0 Å². The zero-order valence-electron chi connectivity index (χ0n) is 13.7. The van der Waals surface area contributed by atoms with E-state index in [1.807, 2.05) is 23.9 Å². The Hall–Kier alpha value is -1.32. The maximum atomic E-state index is 13.7. The molecule has 0 unspecified atom stereocenters. The van der Waals surface area contributed by atoms with Crippen LogP contribution in [0.5, 0.6) is 0 Å². The zero-order chi connectivity index (χ0) is 16.1. The first kappa shape index (κ1) is 16.5. The second kappa shape index (κ2) is 7.98.